The fourth-order valence-electron chi connectivity index (χ4n) is 1.06. The third kappa shape index (κ3) is 9.77. The van der Waals surface area contributed by atoms with Gasteiger partial charge in [0, 0.05) is 0 Å². The fourth-order valence-corrected chi connectivity index (χ4v) is 1.15. The van der Waals surface area contributed by atoms with Gasteiger partial charge in [-0.15, -0.1) is 0 Å². The zero-order chi connectivity index (χ0) is 10.1. The molecule has 2 nitrogen and oxygen atoms in total. The standard InChI is InChI=1S/C10H20O2S/c1-9(2)6-4-3-5-7-12-10(13)8-11/h9,11H,3-8H2,1-2H3. The van der Waals surface area contributed by atoms with Gasteiger partial charge < -0.3 is 9.84 Å². The quantitative estimate of drug-likeness (QED) is 0.510. The van der Waals surface area contributed by atoms with Crippen molar-refractivity contribution in [3.63, 3.8) is 0 Å². The van der Waals surface area contributed by atoms with Gasteiger partial charge in [-0.25, -0.2) is 0 Å². The smallest absolute Gasteiger partial charge is 0.185 e. The second-order valence-corrected chi connectivity index (χ2v) is 4.08. The van der Waals surface area contributed by atoms with Crippen molar-refractivity contribution in [1.82, 2.24) is 0 Å². The van der Waals surface area contributed by atoms with Gasteiger partial charge in [0.1, 0.15) is 6.61 Å². The van der Waals surface area contributed by atoms with Gasteiger partial charge in [0.2, 0.25) is 0 Å². The van der Waals surface area contributed by atoms with E-state index in [-0.39, 0.29) is 6.61 Å². The van der Waals surface area contributed by atoms with Crippen LogP contribution in [0.25, 0.3) is 0 Å². The Labute approximate surface area is 86.3 Å². The van der Waals surface area contributed by atoms with E-state index in [2.05, 4.69) is 13.8 Å². The lowest BCUT2D eigenvalue weighted by atomic mass is 10.1. The molecule has 0 aliphatic carbocycles. The van der Waals surface area contributed by atoms with E-state index in [1.54, 1.807) is 0 Å². The second kappa shape index (κ2) is 8.45. The predicted octanol–water partition coefficient (Wildman–Crippen LogP) is 2.54. The highest BCUT2D eigenvalue weighted by molar-refractivity contribution is 7.80. The van der Waals surface area contributed by atoms with Gasteiger partial charge in [0.05, 0.1) is 6.61 Å². The van der Waals surface area contributed by atoms with Crippen molar-refractivity contribution in [3.8, 4) is 0 Å². The molecule has 0 saturated carbocycles. The Morgan fingerprint density at radius 1 is 1.31 bits per heavy atom. The minimum Gasteiger partial charge on any atom is -0.485 e. The maximum absolute atomic E-state index is 8.54. The van der Waals surface area contributed by atoms with Gasteiger partial charge in [-0.1, -0.05) is 33.1 Å². The summed E-state index contributed by atoms with van der Waals surface area (Å²) in [6.45, 7) is 4.98. The average molecular weight is 204 g/mol. The zero-order valence-electron chi connectivity index (χ0n) is 8.58. The summed E-state index contributed by atoms with van der Waals surface area (Å²) in [5.74, 6) is 0.791. The first-order valence-corrected chi connectivity index (χ1v) is 5.34. The minimum atomic E-state index is -0.138. The molecular weight excluding hydrogens is 184 g/mol. The molecule has 0 aromatic heterocycles. The summed E-state index contributed by atoms with van der Waals surface area (Å²) < 4.78 is 5.08. The first-order chi connectivity index (χ1) is 6.16. The van der Waals surface area contributed by atoms with Gasteiger partial charge in [-0.05, 0) is 24.6 Å². The van der Waals surface area contributed by atoms with Gasteiger partial charge in [0.25, 0.3) is 0 Å². The molecule has 0 atom stereocenters. The highest BCUT2D eigenvalue weighted by Gasteiger charge is 1.96. The molecule has 1 N–H and O–H groups in total. The molecule has 0 aliphatic rings. The third-order valence-corrected chi connectivity index (χ3v) is 2.06. The number of aliphatic hydroxyl groups is 1. The first-order valence-electron chi connectivity index (χ1n) is 4.93. The molecule has 78 valence electrons. The van der Waals surface area contributed by atoms with E-state index < -0.39 is 0 Å². The lowest BCUT2D eigenvalue weighted by molar-refractivity contribution is 0.255. The minimum absolute atomic E-state index is 0.138. The molecule has 0 fully saturated rings. The number of hydrogen-bond donors (Lipinski definition) is 1. The molecule has 0 bridgehead atoms. The van der Waals surface area contributed by atoms with Crippen LogP contribution >= 0.6 is 12.2 Å². The Morgan fingerprint density at radius 2 is 2.00 bits per heavy atom. The Bertz CT molecular complexity index is 135. The fraction of sp³-hybridized carbons (Fsp3) is 0.900. The zero-order valence-corrected chi connectivity index (χ0v) is 9.40. The summed E-state index contributed by atoms with van der Waals surface area (Å²) >= 11 is 4.70. The summed E-state index contributed by atoms with van der Waals surface area (Å²) in [7, 11) is 0. The Kier molecular flexibility index (Phi) is 8.35. The second-order valence-electron chi connectivity index (χ2n) is 3.62. The molecule has 0 aromatic carbocycles. The third-order valence-electron chi connectivity index (χ3n) is 1.82. The molecule has 0 heterocycles. The number of ether oxygens (including phenoxy) is 1. The van der Waals surface area contributed by atoms with Crippen molar-refractivity contribution in [2.45, 2.75) is 39.5 Å². The predicted molar refractivity (Wildman–Crippen MR) is 58.9 cm³/mol. The molecule has 0 saturated heterocycles. The van der Waals surface area contributed by atoms with Gasteiger partial charge in [-0.3, -0.25) is 0 Å². The molecule has 13 heavy (non-hydrogen) atoms. The van der Waals surface area contributed by atoms with Crippen LogP contribution in [0, 0.1) is 5.92 Å². The highest BCUT2D eigenvalue weighted by Crippen LogP contribution is 2.07. The topological polar surface area (TPSA) is 29.5 Å². The van der Waals surface area contributed by atoms with Crippen molar-refractivity contribution < 1.29 is 9.84 Å². The summed E-state index contributed by atoms with van der Waals surface area (Å²) in [5.41, 5.74) is 0. The molecular formula is C10H20O2S. The van der Waals surface area contributed by atoms with E-state index in [1.807, 2.05) is 0 Å². The van der Waals surface area contributed by atoms with E-state index in [0.29, 0.717) is 11.7 Å². The Hall–Kier alpha value is -0.150. The summed E-state index contributed by atoms with van der Waals surface area (Å²) in [6, 6.07) is 0. The van der Waals surface area contributed by atoms with Gasteiger partial charge >= 0.3 is 0 Å². The largest absolute Gasteiger partial charge is 0.485 e. The maximum atomic E-state index is 8.54. The van der Waals surface area contributed by atoms with E-state index in [0.717, 1.165) is 12.3 Å². The Morgan fingerprint density at radius 3 is 2.54 bits per heavy atom. The molecule has 0 aliphatic heterocycles. The lowest BCUT2D eigenvalue weighted by Gasteiger charge is -2.06. The number of rotatable bonds is 7. The molecule has 3 heteroatoms. The Balaban J connectivity index is 3.04. The van der Waals surface area contributed by atoms with Crippen molar-refractivity contribution in [2.75, 3.05) is 13.2 Å². The van der Waals surface area contributed by atoms with Crippen LogP contribution in [-0.4, -0.2) is 23.4 Å². The van der Waals surface area contributed by atoms with Crippen LogP contribution in [0.2, 0.25) is 0 Å². The van der Waals surface area contributed by atoms with Crippen molar-refractivity contribution in [2.24, 2.45) is 5.92 Å². The maximum Gasteiger partial charge on any atom is 0.185 e. The van der Waals surface area contributed by atoms with E-state index in [1.165, 1.54) is 19.3 Å². The van der Waals surface area contributed by atoms with Crippen molar-refractivity contribution >= 4 is 17.3 Å². The lowest BCUT2D eigenvalue weighted by Crippen LogP contribution is -2.07. The molecule has 0 aromatic rings. The molecule has 0 radical (unpaired) electrons. The molecule has 0 spiro atoms. The van der Waals surface area contributed by atoms with Crippen LogP contribution in [0.15, 0.2) is 0 Å². The molecule has 0 unspecified atom stereocenters. The van der Waals surface area contributed by atoms with Gasteiger partial charge in [-0.2, -0.15) is 0 Å². The van der Waals surface area contributed by atoms with Crippen LogP contribution in [0.3, 0.4) is 0 Å². The van der Waals surface area contributed by atoms with Gasteiger partial charge in [0.15, 0.2) is 5.05 Å². The highest BCUT2D eigenvalue weighted by atomic mass is 32.1. The normalized spacial score (nSPS) is 10.5. The molecule has 0 amide bonds. The van der Waals surface area contributed by atoms with E-state index >= 15 is 0 Å². The number of hydrogen-bond acceptors (Lipinski definition) is 3. The van der Waals surface area contributed by atoms with Crippen LogP contribution < -0.4 is 0 Å². The number of thiocarbonyl (C=S) groups is 1. The summed E-state index contributed by atoms with van der Waals surface area (Å²) in [4.78, 5) is 0. The van der Waals surface area contributed by atoms with Crippen LogP contribution in [0.5, 0.6) is 0 Å². The number of unbranched alkanes of at least 4 members (excludes halogenated alkanes) is 2. The van der Waals surface area contributed by atoms with Crippen LogP contribution in [0.1, 0.15) is 39.5 Å². The van der Waals surface area contributed by atoms with Crippen LogP contribution in [-0.2, 0) is 4.74 Å². The van der Waals surface area contributed by atoms with Crippen LogP contribution in [0.4, 0.5) is 0 Å². The van der Waals surface area contributed by atoms with Crippen molar-refractivity contribution in [1.29, 1.82) is 0 Å². The first kappa shape index (κ1) is 12.8. The monoisotopic (exact) mass is 204 g/mol. The summed E-state index contributed by atoms with van der Waals surface area (Å²) in [5, 5.41) is 8.85. The SMILES string of the molecule is CC(C)CCCCCOC(=S)CO. The number of aliphatic hydroxyl groups excluding tert-OH is 1. The average Bonchev–Trinajstić information content (AvgIpc) is 2.10. The van der Waals surface area contributed by atoms with E-state index in [9.17, 15) is 0 Å². The van der Waals surface area contributed by atoms with Crippen molar-refractivity contribution in [3.05, 3.63) is 0 Å². The molecule has 0 rings (SSSR count). The van der Waals surface area contributed by atoms with E-state index in [4.69, 9.17) is 22.1 Å². The summed E-state index contributed by atoms with van der Waals surface area (Å²) in [6.07, 6.45) is 4.76.